The second kappa shape index (κ2) is 7.54. The molecule has 0 fully saturated rings. The van der Waals surface area contributed by atoms with E-state index >= 15 is 0 Å². The summed E-state index contributed by atoms with van der Waals surface area (Å²) < 4.78 is 30.0. The molecule has 1 atom stereocenters. The molecule has 1 heterocycles. The predicted octanol–water partition coefficient (Wildman–Crippen LogP) is 5.31. The Labute approximate surface area is 172 Å². The molecule has 0 aliphatic carbocycles. The highest BCUT2D eigenvalue weighted by molar-refractivity contribution is 9.10. The van der Waals surface area contributed by atoms with Crippen molar-refractivity contribution in [3.05, 3.63) is 100 Å². The lowest BCUT2D eigenvalue weighted by molar-refractivity contribution is 0.572. The molecule has 0 aliphatic heterocycles. The number of halogens is 1. The molecular formula is C22H19BrN2O2S. The van der Waals surface area contributed by atoms with E-state index in [1.54, 1.807) is 24.3 Å². The maximum atomic E-state index is 13.1. The lowest BCUT2D eigenvalue weighted by Gasteiger charge is -2.20. The third-order valence-electron chi connectivity index (χ3n) is 4.72. The SMILES string of the molecule is Cc1ccc(S(=O)(=O)NC(c2cccc(Br)c2)c2c[nH]c3ccccc23)cc1. The smallest absolute Gasteiger partial charge is 0.241 e. The summed E-state index contributed by atoms with van der Waals surface area (Å²) in [6, 6.07) is 21.9. The molecule has 142 valence electrons. The molecule has 4 aromatic rings. The van der Waals surface area contributed by atoms with Gasteiger partial charge in [0.25, 0.3) is 0 Å². The number of aromatic amines is 1. The summed E-state index contributed by atoms with van der Waals surface area (Å²) in [5.41, 5.74) is 3.71. The Morgan fingerprint density at radius 2 is 1.71 bits per heavy atom. The van der Waals surface area contributed by atoms with Gasteiger partial charge in [-0.25, -0.2) is 8.42 Å². The van der Waals surface area contributed by atoms with Gasteiger partial charge in [-0.3, -0.25) is 0 Å². The highest BCUT2D eigenvalue weighted by Gasteiger charge is 2.25. The molecule has 1 aromatic heterocycles. The minimum atomic E-state index is -3.71. The van der Waals surface area contributed by atoms with Crippen LogP contribution >= 0.6 is 15.9 Å². The number of sulfonamides is 1. The molecule has 2 N–H and O–H groups in total. The Hall–Kier alpha value is -2.41. The van der Waals surface area contributed by atoms with Crippen molar-refractivity contribution in [3.63, 3.8) is 0 Å². The molecule has 0 saturated heterocycles. The second-order valence-corrected chi connectivity index (χ2v) is 9.34. The van der Waals surface area contributed by atoms with Crippen molar-refractivity contribution in [1.29, 1.82) is 0 Å². The first-order chi connectivity index (χ1) is 13.4. The first-order valence-corrected chi connectivity index (χ1v) is 11.1. The minimum absolute atomic E-state index is 0.248. The summed E-state index contributed by atoms with van der Waals surface area (Å²) >= 11 is 3.49. The number of rotatable bonds is 5. The number of fused-ring (bicyclic) bond motifs is 1. The van der Waals surface area contributed by atoms with Gasteiger partial charge in [0, 0.05) is 21.6 Å². The van der Waals surface area contributed by atoms with Crippen LogP contribution in [0.1, 0.15) is 22.7 Å². The van der Waals surface area contributed by atoms with Crippen LogP contribution < -0.4 is 4.72 Å². The summed E-state index contributed by atoms with van der Waals surface area (Å²) in [6.07, 6.45) is 1.87. The molecule has 0 saturated carbocycles. The zero-order valence-electron chi connectivity index (χ0n) is 15.2. The van der Waals surface area contributed by atoms with Crippen molar-refractivity contribution < 1.29 is 8.42 Å². The van der Waals surface area contributed by atoms with Crippen LogP contribution in [0.3, 0.4) is 0 Å². The fraction of sp³-hybridized carbons (Fsp3) is 0.0909. The van der Waals surface area contributed by atoms with E-state index in [0.717, 1.165) is 32.1 Å². The summed E-state index contributed by atoms with van der Waals surface area (Å²) in [6.45, 7) is 1.93. The van der Waals surface area contributed by atoms with Crippen LogP contribution in [-0.4, -0.2) is 13.4 Å². The Morgan fingerprint density at radius 1 is 0.964 bits per heavy atom. The van der Waals surface area contributed by atoms with Crippen molar-refractivity contribution in [3.8, 4) is 0 Å². The predicted molar refractivity (Wildman–Crippen MR) is 116 cm³/mol. The molecule has 4 nitrogen and oxygen atoms in total. The number of aryl methyl sites for hydroxylation is 1. The van der Waals surface area contributed by atoms with Crippen LogP contribution in [0.2, 0.25) is 0 Å². The van der Waals surface area contributed by atoms with Gasteiger partial charge in [0.2, 0.25) is 10.0 Å². The Morgan fingerprint density at radius 3 is 2.46 bits per heavy atom. The number of nitrogens with one attached hydrogen (secondary N) is 2. The maximum Gasteiger partial charge on any atom is 0.241 e. The van der Waals surface area contributed by atoms with Crippen molar-refractivity contribution in [2.75, 3.05) is 0 Å². The lowest BCUT2D eigenvalue weighted by Crippen LogP contribution is -2.29. The van der Waals surface area contributed by atoms with Gasteiger partial charge in [-0.1, -0.05) is 64.0 Å². The van der Waals surface area contributed by atoms with Crippen LogP contribution in [0.25, 0.3) is 10.9 Å². The standard InChI is InChI=1S/C22H19BrN2O2S/c1-15-9-11-18(12-10-15)28(26,27)25-22(16-5-4-6-17(23)13-16)20-14-24-21-8-3-2-7-19(20)21/h2-14,22,24-25H,1H3. The van der Waals surface area contributed by atoms with Crippen LogP contribution in [0.15, 0.2) is 88.4 Å². The number of aromatic nitrogens is 1. The van der Waals surface area contributed by atoms with E-state index in [9.17, 15) is 8.42 Å². The molecule has 0 aliphatic rings. The van der Waals surface area contributed by atoms with Gasteiger partial charge in [0.1, 0.15) is 0 Å². The van der Waals surface area contributed by atoms with E-state index < -0.39 is 16.1 Å². The fourth-order valence-electron chi connectivity index (χ4n) is 3.27. The summed E-state index contributed by atoms with van der Waals surface area (Å²) in [4.78, 5) is 3.49. The number of H-pyrrole nitrogens is 1. The van der Waals surface area contributed by atoms with Gasteiger partial charge in [-0.15, -0.1) is 0 Å². The molecule has 1 unspecified atom stereocenters. The monoisotopic (exact) mass is 454 g/mol. The highest BCUT2D eigenvalue weighted by atomic mass is 79.9. The van der Waals surface area contributed by atoms with Crippen molar-refractivity contribution in [2.45, 2.75) is 17.9 Å². The molecule has 0 radical (unpaired) electrons. The summed E-state index contributed by atoms with van der Waals surface area (Å²) in [7, 11) is -3.71. The average Bonchev–Trinajstić information content (AvgIpc) is 3.10. The molecule has 6 heteroatoms. The third kappa shape index (κ3) is 3.76. The molecule has 0 spiro atoms. The van der Waals surface area contributed by atoms with Gasteiger partial charge >= 0.3 is 0 Å². The van der Waals surface area contributed by atoms with Gasteiger partial charge in [-0.05, 0) is 48.4 Å². The van der Waals surface area contributed by atoms with Crippen LogP contribution in [0.5, 0.6) is 0 Å². The molecule has 4 rings (SSSR count). The topological polar surface area (TPSA) is 62.0 Å². The largest absolute Gasteiger partial charge is 0.361 e. The Balaban J connectivity index is 1.83. The van der Waals surface area contributed by atoms with Crippen LogP contribution in [0, 0.1) is 6.92 Å². The zero-order valence-corrected chi connectivity index (χ0v) is 17.6. The molecule has 3 aromatic carbocycles. The quantitative estimate of drug-likeness (QED) is 0.429. The van der Waals surface area contributed by atoms with Crippen LogP contribution in [0.4, 0.5) is 0 Å². The average molecular weight is 455 g/mol. The lowest BCUT2D eigenvalue weighted by atomic mass is 9.99. The number of benzene rings is 3. The maximum absolute atomic E-state index is 13.1. The third-order valence-corrected chi connectivity index (χ3v) is 6.65. The zero-order chi connectivity index (χ0) is 19.7. The van der Waals surface area contributed by atoms with E-state index in [1.165, 1.54) is 0 Å². The molecular weight excluding hydrogens is 436 g/mol. The normalized spacial score (nSPS) is 12.9. The van der Waals surface area contributed by atoms with Gasteiger partial charge in [-0.2, -0.15) is 4.72 Å². The van der Waals surface area contributed by atoms with Crippen molar-refractivity contribution in [2.24, 2.45) is 0 Å². The fourth-order valence-corrected chi connectivity index (χ4v) is 4.89. The molecule has 28 heavy (non-hydrogen) atoms. The van der Waals surface area contributed by atoms with Gasteiger partial charge < -0.3 is 4.98 Å². The number of hydrogen-bond acceptors (Lipinski definition) is 2. The van der Waals surface area contributed by atoms with Crippen molar-refractivity contribution >= 4 is 36.9 Å². The first-order valence-electron chi connectivity index (χ1n) is 8.84. The van der Waals surface area contributed by atoms with Gasteiger partial charge in [0.15, 0.2) is 0 Å². The number of para-hydroxylation sites is 1. The number of hydrogen-bond donors (Lipinski definition) is 2. The first kappa shape index (κ1) is 18.9. The Bertz CT molecular complexity index is 1230. The van der Waals surface area contributed by atoms with Crippen LogP contribution in [-0.2, 0) is 10.0 Å². The van der Waals surface area contributed by atoms with E-state index in [1.807, 2.05) is 61.7 Å². The van der Waals surface area contributed by atoms with E-state index in [-0.39, 0.29) is 4.90 Å². The molecule has 0 bridgehead atoms. The highest BCUT2D eigenvalue weighted by Crippen LogP contribution is 2.31. The summed E-state index contributed by atoms with van der Waals surface area (Å²) in [5.74, 6) is 0. The Kier molecular flexibility index (Phi) is 5.10. The second-order valence-electron chi connectivity index (χ2n) is 6.71. The van der Waals surface area contributed by atoms with Gasteiger partial charge in [0.05, 0.1) is 10.9 Å². The van der Waals surface area contributed by atoms with E-state index in [2.05, 4.69) is 25.6 Å². The molecule has 0 amide bonds. The summed E-state index contributed by atoms with van der Waals surface area (Å²) in [5, 5.41) is 0.985. The van der Waals surface area contributed by atoms with Crippen molar-refractivity contribution in [1.82, 2.24) is 9.71 Å². The minimum Gasteiger partial charge on any atom is -0.361 e. The van der Waals surface area contributed by atoms with E-state index in [4.69, 9.17) is 0 Å². The van der Waals surface area contributed by atoms with E-state index in [0.29, 0.717) is 0 Å².